The summed E-state index contributed by atoms with van der Waals surface area (Å²) in [5.41, 5.74) is 1.89. The Kier molecular flexibility index (Phi) is 6.59. The van der Waals surface area contributed by atoms with Gasteiger partial charge in [-0.1, -0.05) is 6.07 Å². The fourth-order valence-corrected chi connectivity index (χ4v) is 5.77. The summed E-state index contributed by atoms with van der Waals surface area (Å²) in [6.07, 6.45) is 0.181. The largest absolute Gasteiger partial charge is 0.486 e. The Morgan fingerprint density at radius 1 is 1.18 bits per heavy atom. The highest BCUT2D eigenvalue weighted by Gasteiger charge is 2.36. The SMILES string of the molecule is CCn1c(CC#N)nc2c(N3C[C@@H](C)N(C(C)c4ccc5c(c4)OC(C)(C)CO5)C[C@@H]3C)nc(=O)n(C)c21. The Labute approximate surface area is 223 Å². The molecule has 0 amide bonds. The summed E-state index contributed by atoms with van der Waals surface area (Å²) in [6, 6.07) is 8.87. The molecule has 0 N–H and O–H groups in total. The highest BCUT2D eigenvalue weighted by atomic mass is 16.6. The molecule has 0 radical (unpaired) electrons. The summed E-state index contributed by atoms with van der Waals surface area (Å²) in [5.74, 6) is 2.83. The summed E-state index contributed by atoms with van der Waals surface area (Å²) < 4.78 is 15.6. The van der Waals surface area contributed by atoms with Crippen molar-refractivity contribution >= 4 is 17.0 Å². The first-order chi connectivity index (χ1) is 18.0. The molecule has 3 atom stereocenters. The van der Waals surface area contributed by atoms with Crippen LogP contribution in [0, 0.1) is 11.3 Å². The number of imidazole rings is 1. The molecule has 3 aromatic rings. The molecule has 1 saturated heterocycles. The topological polar surface area (TPSA) is 101 Å². The van der Waals surface area contributed by atoms with E-state index >= 15 is 0 Å². The summed E-state index contributed by atoms with van der Waals surface area (Å²) in [6.45, 7) is 15.3. The predicted molar refractivity (Wildman–Crippen MR) is 146 cm³/mol. The van der Waals surface area contributed by atoms with Crippen molar-refractivity contribution < 1.29 is 9.47 Å². The lowest BCUT2D eigenvalue weighted by atomic mass is 10.00. The second-order valence-electron chi connectivity index (χ2n) is 11.1. The molecular weight excluding hydrogens is 482 g/mol. The quantitative estimate of drug-likeness (QED) is 0.505. The maximum Gasteiger partial charge on any atom is 0.350 e. The van der Waals surface area contributed by atoms with Gasteiger partial charge in [0.1, 0.15) is 29.2 Å². The third-order valence-electron chi connectivity index (χ3n) is 7.81. The number of nitrogens with zero attached hydrogens (tertiary/aromatic N) is 7. The minimum absolute atomic E-state index is 0.0961. The van der Waals surface area contributed by atoms with Crippen LogP contribution in [0.15, 0.2) is 23.0 Å². The number of aryl methyl sites for hydroxylation is 2. The van der Waals surface area contributed by atoms with E-state index in [0.29, 0.717) is 42.5 Å². The predicted octanol–water partition coefficient (Wildman–Crippen LogP) is 3.43. The number of ether oxygens (including phenoxy) is 2. The molecule has 10 heteroatoms. The lowest BCUT2D eigenvalue weighted by molar-refractivity contribution is 0.0209. The maximum atomic E-state index is 12.9. The van der Waals surface area contributed by atoms with E-state index < -0.39 is 0 Å². The van der Waals surface area contributed by atoms with Gasteiger partial charge in [-0.2, -0.15) is 10.2 Å². The molecule has 4 heterocycles. The van der Waals surface area contributed by atoms with Crippen molar-refractivity contribution in [2.24, 2.45) is 7.05 Å². The van der Waals surface area contributed by atoms with Crippen molar-refractivity contribution in [3.63, 3.8) is 0 Å². The van der Waals surface area contributed by atoms with E-state index in [4.69, 9.17) is 14.5 Å². The molecule has 2 aromatic heterocycles. The highest BCUT2D eigenvalue weighted by Crippen LogP contribution is 2.39. The van der Waals surface area contributed by atoms with E-state index in [1.54, 1.807) is 7.05 Å². The van der Waals surface area contributed by atoms with Gasteiger partial charge in [0.05, 0.1) is 12.5 Å². The first-order valence-corrected chi connectivity index (χ1v) is 13.4. The van der Waals surface area contributed by atoms with Gasteiger partial charge >= 0.3 is 5.69 Å². The maximum absolute atomic E-state index is 12.9. The molecule has 1 unspecified atom stereocenters. The third kappa shape index (κ3) is 4.39. The lowest BCUT2D eigenvalue weighted by Crippen LogP contribution is -2.57. The molecule has 2 aliphatic heterocycles. The van der Waals surface area contributed by atoms with Gasteiger partial charge in [0.15, 0.2) is 17.3 Å². The first-order valence-electron chi connectivity index (χ1n) is 13.4. The van der Waals surface area contributed by atoms with Gasteiger partial charge in [-0.05, 0) is 59.2 Å². The van der Waals surface area contributed by atoms with Crippen LogP contribution >= 0.6 is 0 Å². The van der Waals surface area contributed by atoms with Gasteiger partial charge in [-0.25, -0.2) is 9.78 Å². The summed E-state index contributed by atoms with van der Waals surface area (Å²) in [4.78, 5) is 26.9. The van der Waals surface area contributed by atoms with Gasteiger partial charge in [-0.15, -0.1) is 0 Å². The summed E-state index contributed by atoms with van der Waals surface area (Å²) in [7, 11) is 1.71. The van der Waals surface area contributed by atoms with Crippen LogP contribution in [0.5, 0.6) is 11.5 Å². The van der Waals surface area contributed by atoms with Crippen LogP contribution in [-0.4, -0.2) is 61.4 Å². The van der Waals surface area contributed by atoms with Crippen LogP contribution in [0.1, 0.15) is 59.0 Å². The molecule has 0 spiro atoms. The second kappa shape index (κ2) is 9.62. The van der Waals surface area contributed by atoms with Crippen LogP contribution in [-0.2, 0) is 20.0 Å². The van der Waals surface area contributed by atoms with E-state index in [0.717, 1.165) is 18.0 Å². The van der Waals surface area contributed by atoms with Crippen LogP contribution in [0.3, 0.4) is 0 Å². The van der Waals surface area contributed by atoms with Gasteiger partial charge in [-0.3, -0.25) is 9.47 Å². The Hall–Kier alpha value is -3.58. The summed E-state index contributed by atoms with van der Waals surface area (Å²) >= 11 is 0. The lowest BCUT2D eigenvalue weighted by Gasteiger charge is -2.47. The minimum Gasteiger partial charge on any atom is -0.486 e. The van der Waals surface area contributed by atoms with Crippen LogP contribution < -0.4 is 20.1 Å². The fraction of sp³-hybridized carbons (Fsp3) is 0.571. The molecule has 5 rings (SSSR count). The number of aromatic nitrogens is 4. The van der Waals surface area contributed by atoms with Crippen molar-refractivity contribution in [3.8, 4) is 17.6 Å². The average Bonchev–Trinajstić information content (AvgIpc) is 3.24. The minimum atomic E-state index is -0.356. The molecule has 1 aromatic carbocycles. The van der Waals surface area contributed by atoms with E-state index in [1.807, 2.05) is 31.4 Å². The van der Waals surface area contributed by atoms with Crippen molar-refractivity contribution in [3.05, 3.63) is 40.1 Å². The van der Waals surface area contributed by atoms with Gasteiger partial charge in [0.2, 0.25) is 0 Å². The van der Waals surface area contributed by atoms with Gasteiger partial charge < -0.3 is 18.9 Å². The van der Waals surface area contributed by atoms with Crippen molar-refractivity contribution in [1.82, 2.24) is 24.0 Å². The average molecular weight is 520 g/mol. The van der Waals surface area contributed by atoms with Gasteiger partial charge in [0, 0.05) is 44.8 Å². The number of rotatable bonds is 5. The number of piperazine rings is 1. The Bertz CT molecular complexity index is 1470. The zero-order valence-corrected chi connectivity index (χ0v) is 23.4. The van der Waals surface area contributed by atoms with Crippen molar-refractivity contribution in [1.29, 1.82) is 5.26 Å². The molecule has 10 nitrogen and oxygen atoms in total. The second-order valence-corrected chi connectivity index (χ2v) is 11.1. The molecule has 38 heavy (non-hydrogen) atoms. The monoisotopic (exact) mass is 519 g/mol. The summed E-state index contributed by atoms with van der Waals surface area (Å²) in [5, 5.41) is 9.33. The Morgan fingerprint density at radius 3 is 2.66 bits per heavy atom. The van der Waals surface area contributed by atoms with Crippen molar-refractivity contribution in [2.75, 3.05) is 24.6 Å². The smallest absolute Gasteiger partial charge is 0.350 e. The molecule has 0 aliphatic carbocycles. The van der Waals surface area contributed by atoms with Crippen LogP contribution in [0.4, 0.5) is 5.82 Å². The normalized spacial score (nSPS) is 21.9. The zero-order chi connectivity index (χ0) is 27.4. The fourth-order valence-electron chi connectivity index (χ4n) is 5.77. The molecular formula is C28H37N7O3. The van der Waals surface area contributed by atoms with E-state index in [-0.39, 0.29) is 35.8 Å². The molecule has 2 aliphatic rings. The molecule has 202 valence electrons. The van der Waals surface area contributed by atoms with Crippen LogP contribution in [0.2, 0.25) is 0 Å². The van der Waals surface area contributed by atoms with Gasteiger partial charge in [0.25, 0.3) is 0 Å². The number of hydrogen-bond donors (Lipinski definition) is 0. The Balaban J connectivity index is 1.45. The standard InChI is InChI=1S/C28H37N7O3/c1-8-33-23(11-12-29)30-24-25(31-27(36)32(7)26(24)33)35-15-17(2)34(14-18(35)3)19(4)20-9-10-21-22(13-20)38-28(5,6)16-37-21/h9-10,13,17-19H,8,11,14-16H2,1-7H3/t17-,18+,19?/m1/s1. The van der Waals surface area contributed by atoms with Crippen LogP contribution in [0.25, 0.3) is 11.2 Å². The highest BCUT2D eigenvalue weighted by molar-refractivity contribution is 5.84. The van der Waals surface area contributed by atoms with E-state index in [9.17, 15) is 10.1 Å². The molecule has 0 bridgehead atoms. The zero-order valence-electron chi connectivity index (χ0n) is 23.4. The number of benzene rings is 1. The number of anilines is 1. The number of hydrogen-bond acceptors (Lipinski definition) is 8. The molecule has 0 saturated carbocycles. The molecule has 1 fully saturated rings. The third-order valence-corrected chi connectivity index (χ3v) is 7.81. The Morgan fingerprint density at radius 2 is 1.95 bits per heavy atom. The van der Waals surface area contributed by atoms with E-state index in [1.165, 1.54) is 10.1 Å². The van der Waals surface area contributed by atoms with E-state index in [2.05, 4.69) is 53.8 Å². The van der Waals surface area contributed by atoms with Crippen molar-refractivity contribution in [2.45, 2.75) is 78.2 Å². The first kappa shape index (κ1) is 26.0. The number of nitriles is 1. The number of fused-ring (bicyclic) bond motifs is 2.